The maximum Gasteiger partial charge on any atom is 0.295 e. The summed E-state index contributed by atoms with van der Waals surface area (Å²) in [5, 5.41) is 22.1. The summed E-state index contributed by atoms with van der Waals surface area (Å²) in [5.41, 5.74) is 2.45. The van der Waals surface area contributed by atoms with Gasteiger partial charge in [-0.1, -0.05) is 60.7 Å². The highest BCUT2D eigenvalue weighted by Crippen LogP contribution is 2.40. The first-order valence-electron chi connectivity index (χ1n) is 10.8. The lowest BCUT2D eigenvalue weighted by Gasteiger charge is -2.10. The Morgan fingerprint density at radius 2 is 1.65 bits per heavy atom. The Hall–Kier alpha value is -4.65. The Bertz CT molecular complexity index is 1600. The summed E-state index contributed by atoms with van der Waals surface area (Å²) in [6.45, 7) is 0.567. The molecule has 2 heterocycles. The predicted octanol–water partition coefficient (Wildman–Crippen LogP) is 6.20. The van der Waals surface area contributed by atoms with Crippen LogP contribution in [0.25, 0.3) is 21.7 Å². The van der Waals surface area contributed by atoms with E-state index in [-0.39, 0.29) is 18.4 Å². The quantitative estimate of drug-likeness (QED) is 0.331. The van der Waals surface area contributed by atoms with Gasteiger partial charge in [0, 0.05) is 10.9 Å². The Kier molecular flexibility index (Phi) is 4.73. The molecular formula is C27H19N3O4. The van der Waals surface area contributed by atoms with Crippen molar-refractivity contribution in [3.05, 3.63) is 96.1 Å². The number of carbonyl (C=O) groups excluding carboxylic acids is 1. The molecule has 0 atom stereocenters. The van der Waals surface area contributed by atoms with Crippen molar-refractivity contribution in [3.8, 4) is 17.4 Å². The molecule has 6 rings (SSSR count). The van der Waals surface area contributed by atoms with E-state index in [1.165, 1.54) is 0 Å². The molecular weight excluding hydrogens is 430 g/mol. The maximum absolute atomic E-state index is 12.7. The fourth-order valence-corrected chi connectivity index (χ4v) is 4.31. The minimum Gasteiger partial charge on any atom is -0.493 e. The third kappa shape index (κ3) is 3.34. The Labute approximate surface area is 194 Å². The van der Waals surface area contributed by atoms with Crippen LogP contribution in [0.4, 0.5) is 5.69 Å². The van der Waals surface area contributed by atoms with Gasteiger partial charge in [0.05, 0.1) is 12.1 Å². The number of fused-ring (bicyclic) bond motifs is 3. The third-order valence-electron chi connectivity index (χ3n) is 5.99. The van der Waals surface area contributed by atoms with Crippen LogP contribution in [0.3, 0.4) is 0 Å². The van der Waals surface area contributed by atoms with Crippen LogP contribution in [0.1, 0.15) is 15.9 Å². The van der Waals surface area contributed by atoms with E-state index in [4.69, 9.17) is 9.47 Å². The first-order valence-corrected chi connectivity index (χ1v) is 10.8. The number of aromatic nitrogens is 1. The van der Waals surface area contributed by atoms with Crippen molar-refractivity contribution < 1.29 is 19.4 Å². The number of hydrogen-bond donors (Lipinski definition) is 1. The Morgan fingerprint density at radius 1 is 0.882 bits per heavy atom. The number of benzene rings is 4. The van der Waals surface area contributed by atoms with Crippen LogP contribution in [-0.2, 0) is 6.54 Å². The SMILES string of the molecule is O=C(N=Nc1c(O)n(Cc2cccc3ccccc23)c2ccccc12)c1ccc2c(c1)OCO2. The molecule has 34 heavy (non-hydrogen) atoms. The minimum absolute atomic E-state index is 0.0450. The van der Waals surface area contributed by atoms with Crippen molar-refractivity contribution in [1.29, 1.82) is 0 Å². The van der Waals surface area contributed by atoms with Gasteiger partial charge in [0.15, 0.2) is 17.2 Å². The summed E-state index contributed by atoms with van der Waals surface area (Å²) in [4.78, 5) is 12.7. The highest BCUT2D eigenvalue weighted by molar-refractivity contribution is 5.98. The average molecular weight is 449 g/mol. The summed E-state index contributed by atoms with van der Waals surface area (Å²) < 4.78 is 12.4. The normalized spacial score (nSPS) is 12.7. The zero-order chi connectivity index (χ0) is 23.1. The van der Waals surface area contributed by atoms with E-state index in [0.717, 1.165) is 21.9 Å². The fourth-order valence-electron chi connectivity index (χ4n) is 4.31. The van der Waals surface area contributed by atoms with Gasteiger partial charge in [0.1, 0.15) is 0 Å². The Morgan fingerprint density at radius 3 is 2.56 bits per heavy atom. The zero-order valence-corrected chi connectivity index (χ0v) is 18.0. The number of nitrogens with zero attached hydrogens (tertiary/aromatic N) is 3. The van der Waals surface area contributed by atoms with Gasteiger partial charge in [-0.05, 0) is 40.6 Å². The molecule has 4 aromatic carbocycles. The van der Waals surface area contributed by atoms with Gasteiger partial charge in [-0.2, -0.15) is 0 Å². The van der Waals surface area contributed by atoms with Crippen LogP contribution < -0.4 is 9.47 Å². The molecule has 1 aliphatic heterocycles. The van der Waals surface area contributed by atoms with Crippen LogP contribution >= 0.6 is 0 Å². The number of rotatable bonds is 4. The van der Waals surface area contributed by atoms with Crippen molar-refractivity contribution in [1.82, 2.24) is 4.57 Å². The summed E-state index contributed by atoms with van der Waals surface area (Å²) in [6, 6.07) is 26.6. The number of amides is 1. The highest BCUT2D eigenvalue weighted by atomic mass is 16.7. The van der Waals surface area contributed by atoms with E-state index >= 15 is 0 Å². The molecule has 7 heteroatoms. The zero-order valence-electron chi connectivity index (χ0n) is 18.0. The second kappa shape index (κ2) is 8.04. The van der Waals surface area contributed by atoms with Crippen molar-refractivity contribution >= 4 is 33.3 Å². The predicted molar refractivity (Wildman–Crippen MR) is 128 cm³/mol. The van der Waals surface area contributed by atoms with Gasteiger partial charge in [-0.25, -0.2) is 0 Å². The van der Waals surface area contributed by atoms with E-state index in [1.807, 2.05) is 48.5 Å². The van der Waals surface area contributed by atoms with Gasteiger partial charge in [-0.15, -0.1) is 10.2 Å². The van der Waals surface area contributed by atoms with E-state index < -0.39 is 5.91 Å². The monoisotopic (exact) mass is 449 g/mol. The molecule has 1 aromatic heterocycles. The molecule has 0 bridgehead atoms. The van der Waals surface area contributed by atoms with E-state index in [0.29, 0.717) is 29.0 Å². The number of azo groups is 1. The molecule has 0 saturated carbocycles. The second-order valence-electron chi connectivity index (χ2n) is 7.99. The van der Waals surface area contributed by atoms with E-state index in [9.17, 15) is 9.90 Å². The standard InChI is InChI=1S/C27H19N3O4/c31-26(18-12-13-23-24(14-18)34-16-33-23)29-28-25-21-10-3-4-11-22(21)30(27(25)32)15-19-8-5-7-17-6-1-2-9-20(17)19/h1-14,32H,15-16H2. The van der Waals surface area contributed by atoms with Crippen LogP contribution in [0.2, 0.25) is 0 Å². The molecule has 0 spiro atoms. The molecule has 5 aromatic rings. The second-order valence-corrected chi connectivity index (χ2v) is 7.99. The third-order valence-corrected chi connectivity index (χ3v) is 5.99. The lowest BCUT2D eigenvalue weighted by atomic mass is 10.0. The fraction of sp³-hybridized carbons (Fsp3) is 0.0741. The van der Waals surface area contributed by atoms with Crippen molar-refractivity contribution in [3.63, 3.8) is 0 Å². The van der Waals surface area contributed by atoms with E-state index in [2.05, 4.69) is 28.4 Å². The lowest BCUT2D eigenvalue weighted by Crippen LogP contribution is -1.99. The van der Waals surface area contributed by atoms with Crippen molar-refractivity contribution in [2.75, 3.05) is 6.79 Å². The first kappa shape index (κ1) is 20.0. The van der Waals surface area contributed by atoms with Gasteiger partial charge in [0.25, 0.3) is 5.91 Å². The molecule has 0 unspecified atom stereocenters. The summed E-state index contributed by atoms with van der Waals surface area (Å²) in [5.74, 6) is 0.498. The van der Waals surface area contributed by atoms with Crippen molar-refractivity contribution in [2.45, 2.75) is 6.54 Å². The number of para-hydroxylation sites is 1. The molecule has 0 radical (unpaired) electrons. The highest BCUT2D eigenvalue weighted by Gasteiger charge is 2.19. The Balaban J connectivity index is 1.38. The molecule has 0 fully saturated rings. The molecule has 1 aliphatic rings. The molecule has 0 aliphatic carbocycles. The van der Waals surface area contributed by atoms with Gasteiger partial charge in [-0.3, -0.25) is 4.79 Å². The topological polar surface area (TPSA) is 85.4 Å². The maximum atomic E-state index is 12.7. The van der Waals surface area contributed by atoms with Gasteiger partial charge >= 0.3 is 0 Å². The summed E-state index contributed by atoms with van der Waals surface area (Å²) >= 11 is 0. The number of aromatic hydroxyl groups is 1. The minimum atomic E-state index is -0.538. The van der Waals surface area contributed by atoms with Crippen LogP contribution in [0, 0.1) is 0 Å². The van der Waals surface area contributed by atoms with Gasteiger partial charge < -0.3 is 19.1 Å². The molecule has 166 valence electrons. The van der Waals surface area contributed by atoms with E-state index in [1.54, 1.807) is 22.8 Å². The van der Waals surface area contributed by atoms with Crippen LogP contribution in [-0.4, -0.2) is 22.4 Å². The molecule has 0 saturated heterocycles. The van der Waals surface area contributed by atoms with Crippen molar-refractivity contribution in [2.24, 2.45) is 10.2 Å². The number of hydrogen-bond acceptors (Lipinski definition) is 5. The average Bonchev–Trinajstić information content (AvgIpc) is 3.45. The van der Waals surface area contributed by atoms with Crippen LogP contribution in [0.15, 0.2) is 95.2 Å². The number of ether oxygens (including phenoxy) is 2. The smallest absolute Gasteiger partial charge is 0.295 e. The molecule has 7 nitrogen and oxygen atoms in total. The van der Waals surface area contributed by atoms with Crippen LogP contribution in [0.5, 0.6) is 17.4 Å². The number of carbonyl (C=O) groups is 1. The molecule has 1 amide bonds. The largest absolute Gasteiger partial charge is 0.493 e. The lowest BCUT2D eigenvalue weighted by molar-refractivity contribution is 0.0994. The summed E-state index contributed by atoms with van der Waals surface area (Å²) in [7, 11) is 0. The molecule has 1 N–H and O–H groups in total. The van der Waals surface area contributed by atoms with Gasteiger partial charge in [0.2, 0.25) is 12.7 Å². The summed E-state index contributed by atoms with van der Waals surface area (Å²) in [6.07, 6.45) is 0. The first-order chi connectivity index (χ1) is 16.7.